The summed E-state index contributed by atoms with van der Waals surface area (Å²) < 4.78 is 0. The first kappa shape index (κ1) is 13.5. The Morgan fingerprint density at radius 2 is 1.95 bits per heavy atom. The number of hydrogen-bond donors (Lipinski definition) is 1. The molecule has 0 unspecified atom stereocenters. The van der Waals surface area contributed by atoms with Crippen LogP contribution in [0.1, 0.15) is 18.5 Å². The summed E-state index contributed by atoms with van der Waals surface area (Å²) in [5.74, 6) is -0.268. The van der Waals surface area contributed by atoms with E-state index in [2.05, 4.69) is 0 Å². The van der Waals surface area contributed by atoms with Crippen molar-refractivity contribution in [3.63, 3.8) is 0 Å². The zero-order valence-electron chi connectivity index (χ0n) is 11.1. The Hall–Kier alpha value is -1.88. The van der Waals surface area contributed by atoms with Crippen molar-refractivity contribution >= 4 is 11.8 Å². The number of nitrogens with zero attached hydrogens (tertiary/aromatic N) is 2. The lowest BCUT2D eigenvalue weighted by Gasteiger charge is -2.40. The van der Waals surface area contributed by atoms with E-state index in [4.69, 9.17) is 5.73 Å². The molecular formula is C14H19N3O2. The summed E-state index contributed by atoms with van der Waals surface area (Å²) in [6, 6.07) is 9.88. The minimum absolute atomic E-state index is 0.00759. The number of carbonyl (C=O) groups excluding carboxylic acids is 2. The molecule has 1 aliphatic heterocycles. The molecule has 1 atom stereocenters. The SMILES string of the molecule is CC(=O)N1CCN(CC(N)=O)C[C@H]1c1ccccc1. The van der Waals surface area contributed by atoms with Gasteiger partial charge in [0, 0.05) is 26.6 Å². The van der Waals surface area contributed by atoms with E-state index in [1.54, 1.807) is 6.92 Å². The first-order valence-corrected chi connectivity index (χ1v) is 6.40. The van der Waals surface area contributed by atoms with Gasteiger partial charge >= 0.3 is 0 Å². The Balaban J connectivity index is 2.18. The molecule has 0 bridgehead atoms. The molecular weight excluding hydrogens is 242 g/mol. The van der Waals surface area contributed by atoms with E-state index in [1.165, 1.54) is 0 Å². The van der Waals surface area contributed by atoms with E-state index in [0.29, 0.717) is 19.6 Å². The summed E-state index contributed by atoms with van der Waals surface area (Å²) in [5.41, 5.74) is 6.33. The van der Waals surface area contributed by atoms with Crippen molar-refractivity contribution in [1.29, 1.82) is 0 Å². The van der Waals surface area contributed by atoms with Crippen LogP contribution in [0.3, 0.4) is 0 Å². The van der Waals surface area contributed by atoms with Crippen LogP contribution in [0.25, 0.3) is 0 Å². The van der Waals surface area contributed by atoms with Gasteiger partial charge in [-0.05, 0) is 5.56 Å². The standard InChI is InChI=1S/C14H19N3O2/c1-11(18)17-8-7-16(10-14(15)19)9-13(17)12-5-3-2-4-6-12/h2-6,13H,7-10H2,1H3,(H2,15,19)/t13-/m0/s1. The number of hydrogen-bond acceptors (Lipinski definition) is 3. The van der Waals surface area contributed by atoms with Gasteiger partial charge in [-0.1, -0.05) is 30.3 Å². The highest BCUT2D eigenvalue weighted by atomic mass is 16.2. The maximum absolute atomic E-state index is 11.7. The quantitative estimate of drug-likeness (QED) is 0.855. The fraction of sp³-hybridized carbons (Fsp3) is 0.429. The Morgan fingerprint density at radius 3 is 2.53 bits per heavy atom. The molecule has 1 heterocycles. The molecule has 0 saturated carbocycles. The minimum Gasteiger partial charge on any atom is -0.369 e. The average Bonchev–Trinajstić information content (AvgIpc) is 2.38. The van der Waals surface area contributed by atoms with E-state index >= 15 is 0 Å². The van der Waals surface area contributed by atoms with Crippen LogP contribution in [0.15, 0.2) is 30.3 Å². The number of primary amides is 1. The molecule has 2 rings (SSSR count). The topological polar surface area (TPSA) is 66.6 Å². The van der Waals surface area contributed by atoms with Gasteiger partial charge in [0.05, 0.1) is 12.6 Å². The summed E-state index contributed by atoms with van der Waals surface area (Å²) in [7, 11) is 0. The van der Waals surface area contributed by atoms with Crippen molar-refractivity contribution in [3.8, 4) is 0 Å². The highest BCUT2D eigenvalue weighted by Crippen LogP contribution is 2.25. The minimum atomic E-state index is -0.330. The first-order valence-electron chi connectivity index (χ1n) is 6.40. The van der Waals surface area contributed by atoms with Gasteiger partial charge in [-0.3, -0.25) is 14.5 Å². The smallest absolute Gasteiger partial charge is 0.231 e. The number of carbonyl (C=O) groups is 2. The van der Waals surface area contributed by atoms with Gasteiger partial charge in [-0.25, -0.2) is 0 Å². The Labute approximate surface area is 113 Å². The van der Waals surface area contributed by atoms with Gasteiger partial charge in [-0.2, -0.15) is 0 Å². The second kappa shape index (κ2) is 5.84. The van der Waals surface area contributed by atoms with Crippen LogP contribution in [0, 0.1) is 0 Å². The molecule has 1 aliphatic rings. The van der Waals surface area contributed by atoms with Gasteiger partial charge in [0.25, 0.3) is 0 Å². The lowest BCUT2D eigenvalue weighted by molar-refractivity contribution is -0.134. The van der Waals surface area contributed by atoms with Crippen molar-refractivity contribution in [1.82, 2.24) is 9.80 Å². The van der Waals surface area contributed by atoms with Crippen molar-refractivity contribution in [2.24, 2.45) is 5.73 Å². The third-order valence-corrected chi connectivity index (χ3v) is 3.43. The summed E-state index contributed by atoms with van der Waals surface area (Å²) in [6.07, 6.45) is 0. The highest BCUT2D eigenvalue weighted by Gasteiger charge is 2.30. The maximum atomic E-state index is 11.7. The van der Waals surface area contributed by atoms with Crippen molar-refractivity contribution in [3.05, 3.63) is 35.9 Å². The lowest BCUT2D eigenvalue weighted by atomic mass is 10.0. The van der Waals surface area contributed by atoms with Crippen molar-refractivity contribution < 1.29 is 9.59 Å². The van der Waals surface area contributed by atoms with Crippen molar-refractivity contribution in [2.45, 2.75) is 13.0 Å². The van der Waals surface area contributed by atoms with Gasteiger partial charge in [0.1, 0.15) is 0 Å². The molecule has 0 radical (unpaired) electrons. The fourth-order valence-corrected chi connectivity index (χ4v) is 2.54. The summed E-state index contributed by atoms with van der Waals surface area (Å²) in [6.45, 7) is 3.79. The Morgan fingerprint density at radius 1 is 1.26 bits per heavy atom. The van der Waals surface area contributed by atoms with E-state index in [0.717, 1.165) is 5.56 Å². The molecule has 2 amide bonds. The average molecular weight is 261 g/mol. The van der Waals surface area contributed by atoms with E-state index in [1.807, 2.05) is 40.1 Å². The van der Waals surface area contributed by atoms with Gasteiger partial charge in [0.2, 0.25) is 11.8 Å². The predicted octanol–water partition coefficient (Wildman–Crippen LogP) is 0.377. The number of nitrogens with two attached hydrogens (primary N) is 1. The van der Waals surface area contributed by atoms with Gasteiger partial charge in [0.15, 0.2) is 0 Å². The highest BCUT2D eigenvalue weighted by molar-refractivity contribution is 5.76. The number of rotatable bonds is 3. The Kier molecular flexibility index (Phi) is 4.16. The molecule has 102 valence electrons. The molecule has 2 N–H and O–H groups in total. The van der Waals surface area contributed by atoms with Gasteiger partial charge in [-0.15, -0.1) is 0 Å². The zero-order valence-corrected chi connectivity index (χ0v) is 11.1. The fourth-order valence-electron chi connectivity index (χ4n) is 2.54. The first-order chi connectivity index (χ1) is 9.08. The maximum Gasteiger partial charge on any atom is 0.231 e. The number of piperazine rings is 1. The van der Waals surface area contributed by atoms with Crippen molar-refractivity contribution in [2.75, 3.05) is 26.2 Å². The molecule has 5 heteroatoms. The molecule has 1 fully saturated rings. The third-order valence-electron chi connectivity index (χ3n) is 3.43. The number of benzene rings is 1. The molecule has 0 aromatic heterocycles. The monoisotopic (exact) mass is 261 g/mol. The summed E-state index contributed by atoms with van der Waals surface area (Å²) in [4.78, 5) is 26.6. The van der Waals surface area contributed by atoms with Crippen LogP contribution in [0.2, 0.25) is 0 Å². The second-order valence-electron chi connectivity index (χ2n) is 4.84. The normalized spacial score (nSPS) is 20.3. The molecule has 19 heavy (non-hydrogen) atoms. The Bertz CT molecular complexity index is 461. The summed E-state index contributed by atoms with van der Waals surface area (Å²) >= 11 is 0. The van der Waals surface area contributed by atoms with Crippen LogP contribution in [0.4, 0.5) is 0 Å². The van der Waals surface area contributed by atoms with Gasteiger partial charge < -0.3 is 10.6 Å². The van der Waals surface area contributed by atoms with Crippen LogP contribution in [0.5, 0.6) is 0 Å². The van der Waals surface area contributed by atoms with Crippen LogP contribution in [-0.4, -0.2) is 47.8 Å². The molecule has 1 saturated heterocycles. The van der Waals surface area contributed by atoms with Crippen LogP contribution in [-0.2, 0) is 9.59 Å². The second-order valence-corrected chi connectivity index (χ2v) is 4.84. The number of amides is 2. The van der Waals surface area contributed by atoms with E-state index in [9.17, 15) is 9.59 Å². The third kappa shape index (κ3) is 3.32. The molecule has 5 nitrogen and oxygen atoms in total. The van der Waals surface area contributed by atoms with E-state index < -0.39 is 0 Å². The molecule has 1 aromatic carbocycles. The van der Waals surface area contributed by atoms with E-state index in [-0.39, 0.29) is 24.4 Å². The molecule has 0 spiro atoms. The van der Waals surface area contributed by atoms with Crippen LogP contribution >= 0.6 is 0 Å². The largest absolute Gasteiger partial charge is 0.369 e. The van der Waals surface area contributed by atoms with Crippen LogP contribution < -0.4 is 5.73 Å². The molecule has 1 aromatic rings. The molecule has 0 aliphatic carbocycles. The summed E-state index contributed by atoms with van der Waals surface area (Å²) in [5, 5.41) is 0. The lowest BCUT2D eigenvalue weighted by Crippen LogP contribution is -2.51. The zero-order chi connectivity index (χ0) is 13.8. The predicted molar refractivity (Wildman–Crippen MR) is 72.2 cm³/mol.